The summed E-state index contributed by atoms with van der Waals surface area (Å²) in [5.41, 5.74) is 2.01. The van der Waals surface area contributed by atoms with Gasteiger partial charge in [-0.15, -0.1) is 0 Å². The van der Waals surface area contributed by atoms with Gasteiger partial charge in [-0.25, -0.2) is 0 Å². The van der Waals surface area contributed by atoms with Crippen molar-refractivity contribution in [1.29, 1.82) is 0 Å². The summed E-state index contributed by atoms with van der Waals surface area (Å²) in [6.45, 7) is 6.68. The fourth-order valence-electron chi connectivity index (χ4n) is 3.73. The van der Waals surface area contributed by atoms with Crippen molar-refractivity contribution in [2.75, 3.05) is 26.7 Å². The van der Waals surface area contributed by atoms with Gasteiger partial charge in [-0.3, -0.25) is 4.90 Å². The SMILES string of the molecule is CCN1CCC[C@@H]1CNCc1cc(Br)c(OCc2ccc(Cl)cc2Cl)c(OC)c1. The molecule has 158 valence electrons. The number of likely N-dealkylation sites (tertiary alicyclic amines) is 1. The first kappa shape index (κ1) is 22.7. The van der Waals surface area contributed by atoms with Gasteiger partial charge in [-0.05, 0) is 71.7 Å². The van der Waals surface area contributed by atoms with Gasteiger partial charge in [0, 0.05) is 34.7 Å². The van der Waals surface area contributed by atoms with Crippen molar-refractivity contribution >= 4 is 39.1 Å². The summed E-state index contributed by atoms with van der Waals surface area (Å²) >= 11 is 15.8. The van der Waals surface area contributed by atoms with E-state index >= 15 is 0 Å². The smallest absolute Gasteiger partial charge is 0.175 e. The summed E-state index contributed by atoms with van der Waals surface area (Å²) < 4.78 is 12.4. The maximum Gasteiger partial charge on any atom is 0.175 e. The van der Waals surface area contributed by atoms with Gasteiger partial charge in [-0.2, -0.15) is 0 Å². The van der Waals surface area contributed by atoms with Gasteiger partial charge < -0.3 is 14.8 Å². The van der Waals surface area contributed by atoms with Crippen molar-refractivity contribution < 1.29 is 9.47 Å². The number of ether oxygens (including phenoxy) is 2. The van der Waals surface area contributed by atoms with E-state index in [1.54, 1.807) is 19.2 Å². The quantitative estimate of drug-likeness (QED) is 0.462. The molecular formula is C22H27BrCl2N2O2. The summed E-state index contributed by atoms with van der Waals surface area (Å²) in [4.78, 5) is 2.54. The van der Waals surface area contributed by atoms with Crippen LogP contribution in [0.4, 0.5) is 0 Å². The normalized spacial score (nSPS) is 16.9. The number of methoxy groups -OCH3 is 1. The molecule has 1 N–H and O–H groups in total. The van der Waals surface area contributed by atoms with Crippen molar-refractivity contribution in [2.24, 2.45) is 0 Å². The monoisotopic (exact) mass is 500 g/mol. The van der Waals surface area contributed by atoms with Crippen LogP contribution < -0.4 is 14.8 Å². The first-order valence-electron chi connectivity index (χ1n) is 9.89. The van der Waals surface area contributed by atoms with Gasteiger partial charge in [-0.1, -0.05) is 36.2 Å². The van der Waals surface area contributed by atoms with Crippen molar-refractivity contribution in [2.45, 2.75) is 39.0 Å². The van der Waals surface area contributed by atoms with Crippen molar-refractivity contribution in [1.82, 2.24) is 10.2 Å². The molecule has 1 saturated heterocycles. The van der Waals surface area contributed by atoms with E-state index in [1.807, 2.05) is 12.1 Å². The van der Waals surface area contributed by atoms with E-state index in [4.69, 9.17) is 32.7 Å². The summed E-state index contributed by atoms with van der Waals surface area (Å²) in [5.74, 6) is 1.35. The Hall–Kier alpha value is -0.980. The van der Waals surface area contributed by atoms with E-state index in [1.165, 1.54) is 19.4 Å². The average Bonchev–Trinajstić information content (AvgIpc) is 3.15. The summed E-state index contributed by atoms with van der Waals surface area (Å²) in [5, 5.41) is 4.78. The van der Waals surface area contributed by atoms with Crippen LogP contribution in [0.5, 0.6) is 11.5 Å². The maximum absolute atomic E-state index is 6.25. The highest BCUT2D eigenvalue weighted by Gasteiger charge is 2.22. The van der Waals surface area contributed by atoms with Crippen LogP contribution in [0, 0.1) is 0 Å². The highest BCUT2D eigenvalue weighted by molar-refractivity contribution is 9.10. The van der Waals surface area contributed by atoms with E-state index in [2.05, 4.69) is 39.1 Å². The first-order valence-corrected chi connectivity index (χ1v) is 11.4. The molecule has 1 aliphatic rings. The Morgan fingerprint density at radius 1 is 1.24 bits per heavy atom. The Morgan fingerprint density at radius 3 is 2.79 bits per heavy atom. The third kappa shape index (κ3) is 6.02. The van der Waals surface area contributed by atoms with Crippen molar-refractivity contribution in [3.05, 3.63) is 56.0 Å². The Balaban J connectivity index is 1.62. The van der Waals surface area contributed by atoms with Crippen LogP contribution in [0.15, 0.2) is 34.8 Å². The lowest BCUT2D eigenvalue weighted by atomic mass is 10.1. The molecule has 1 aliphatic heterocycles. The maximum atomic E-state index is 6.25. The van der Waals surface area contributed by atoms with Crippen molar-refractivity contribution in [3.8, 4) is 11.5 Å². The van der Waals surface area contributed by atoms with E-state index in [9.17, 15) is 0 Å². The highest BCUT2D eigenvalue weighted by Crippen LogP contribution is 2.37. The number of benzene rings is 2. The minimum Gasteiger partial charge on any atom is -0.493 e. The molecule has 0 saturated carbocycles. The van der Waals surface area contributed by atoms with Crippen LogP contribution in [-0.2, 0) is 13.2 Å². The van der Waals surface area contributed by atoms with Crippen LogP contribution in [0.1, 0.15) is 30.9 Å². The predicted molar refractivity (Wildman–Crippen MR) is 123 cm³/mol. The Kier molecular flexibility index (Phi) is 8.51. The van der Waals surface area contributed by atoms with Crippen molar-refractivity contribution in [3.63, 3.8) is 0 Å². The molecule has 0 bridgehead atoms. The largest absolute Gasteiger partial charge is 0.493 e. The zero-order valence-corrected chi connectivity index (χ0v) is 19.9. The average molecular weight is 502 g/mol. The molecule has 0 unspecified atom stereocenters. The molecule has 2 aromatic carbocycles. The first-order chi connectivity index (χ1) is 14.0. The molecule has 0 aromatic heterocycles. The lowest BCUT2D eigenvalue weighted by Crippen LogP contribution is -2.37. The minimum absolute atomic E-state index is 0.330. The van der Waals surface area contributed by atoms with E-state index in [-0.39, 0.29) is 0 Å². The number of nitrogens with one attached hydrogen (secondary N) is 1. The molecule has 2 aromatic rings. The van der Waals surface area contributed by atoms with E-state index in [0.29, 0.717) is 34.2 Å². The van der Waals surface area contributed by atoms with E-state index in [0.717, 1.165) is 35.2 Å². The molecule has 1 heterocycles. The lowest BCUT2D eigenvalue weighted by molar-refractivity contribution is 0.259. The topological polar surface area (TPSA) is 33.7 Å². The summed E-state index contributed by atoms with van der Waals surface area (Å²) in [7, 11) is 1.65. The van der Waals surface area contributed by atoms with Gasteiger partial charge in [0.25, 0.3) is 0 Å². The summed E-state index contributed by atoms with van der Waals surface area (Å²) in [6.07, 6.45) is 2.57. The fraction of sp³-hybridized carbons (Fsp3) is 0.455. The third-order valence-corrected chi connectivity index (χ3v) is 6.47. The summed E-state index contributed by atoms with van der Waals surface area (Å²) in [6, 6.07) is 10.1. The minimum atomic E-state index is 0.330. The number of nitrogens with zero attached hydrogens (tertiary/aromatic N) is 1. The Bertz CT molecular complexity index is 835. The number of hydrogen-bond acceptors (Lipinski definition) is 4. The molecule has 29 heavy (non-hydrogen) atoms. The molecule has 0 radical (unpaired) electrons. The second kappa shape index (κ2) is 10.9. The standard InChI is InChI=1S/C22H27BrCl2N2O2/c1-3-27-8-4-5-18(27)13-26-12-15-9-19(23)22(21(10-15)28-2)29-14-16-6-7-17(24)11-20(16)25/h6-7,9-11,18,26H,3-5,8,12-14H2,1-2H3/t18-/m1/s1. The second-order valence-corrected chi connectivity index (χ2v) is 8.89. The molecule has 7 heteroatoms. The molecule has 0 aliphatic carbocycles. The van der Waals surface area contributed by atoms with E-state index < -0.39 is 0 Å². The number of hydrogen-bond donors (Lipinski definition) is 1. The van der Waals surface area contributed by atoms with Crippen LogP contribution in [0.3, 0.4) is 0 Å². The molecular weight excluding hydrogens is 475 g/mol. The molecule has 0 spiro atoms. The molecule has 1 fully saturated rings. The highest BCUT2D eigenvalue weighted by atomic mass is 79.9. The fourth-order valence-corrected chi connectivity index (χ4v) is 4.80. The van der Waals surface area contributed by atoms with Crippen LogP contribution in [-0.4, -0.2) is 37.7 Å². The second-order valence-electron chi connectivity index (χ2n) is 7.19. The Morgan fingerprint density at radius 2 is 2.07 bits per heavy atom. The van der Waals surface area contributed by atoms with Gasteiger partial charge in [0.15, 0.2) is 11.5 Å². The van der Waals surface area contributed by atoms with Gasteiger partial charge in [0.05, 0.1) is 11.6 Å². The molecule has 4 nitrogen and oxygen atoms in total. The number of halogens is 3. The Labute approximate surface area is 191 Å². The zero-order chi connectivity index (χ0) is 20.8. The number of likely N-dealkylation sites (N-methyl/N-ethyl adjacent to an activating group) is 1. The van der Waals surface area contributed by atoms with Gasteiger partial charge in [0.2, 0.25) is 0 Å². The molecule has 1 atom stereocenters. The van der Waals surface area contributed by atoms with Crippen LogP contribution in [0.2, 0.25) is 10.0 Å². The van der Waals surface area contributed by atoms with Crippen LogP contribution >= 0.6 is 39.1 Å². The zero-order valence-electron chi connectivity index (χ0n) is 16.8. The molecule has 0 amide bonds. The predicted octanol–water partition coefficient (Wildman–Crippen LogP) is 5.92. The lowest BCUT2D eigenvalue weighted by Gasteiger charge is -2.23. The molecule has 3 rings (SSSR count). The van der Waals surface area contributed by atoms with Gasteiger partial charge >= 0.3 is 0 Å². The van der Waals surface area contributed by atoms with Crippen LogP contribution in [0.25, 0.3) is 0 Å². The third-order valence-electron chi connectivity index (χ3n) is 5.29. The van der Waals surface area contributed by atoms with Gasteiger partial charge in [0.1, 0.15) is 6.61 Å². The number of rotatable bonds is 9.